The van der Waals surface area contributed by atoms with Crippen molar-refractivity contribution in [2.24, 2.45) is 0 Å². The van der Waals surface area contributed by atoms with Crippen molar-refractivity contribution in [3.8, 4) is 21.9 Å². The highest BCUT2D eigenvalue weighted by molar-refractivity contribution is 7.15. The molecule has 1 N–H and O–H groups in total. The Hall–Kier alpha value is -2.74. The number of thiophene rings is 1. The quantitative estimate of drug-likeness (QED) is 0.744. The van der Waals surface area contributed by atoms with Crippen LogP contribution >= 0.6 is 11.3 Å². The van der Waals surface area contributed by atoms with Crippen LogP contribution in [0.5, 0.6) is 0 Å². The van der Waals surface area contributed by atoms with Crippen LogP contribution in [-0.4, -0.2) is 26.9 Å². The molecule has 0 fully saturated rings. The Labute approximate surface area is 154 Å². The molecular weight excluding hydrogens is 352 g/mol. The Morgan fingerprint density at radius 3 is 2.65 bits per heavy atom. The molecule has 0 bridgehead atoms. The van der Waals surface area contributed by atoms with Crippen LogP contribution in [0.25, 0.3) is 21.9 Å². The van der Waals surface area contributed by atoms with Crippen LogP contribution in [-0.2, 0) is 11.3 Å². The van der Waals surface area contributed by atoms with Crippen LogP contribution in [0, 0.1) is 13.8 Å². The van der Waals surface area contributed by atoms with E-state index in [2.05, 4.69) is 15.6 Å². The molecule has 8 heteroatoms. The van der Waals surface area contributed by atoms with E-state index in [1.54, 1.807) is 17.4 Å². The monoisotopic (exact) mass is 372 g/mol. The molecule has 26 heavy (non-hydrogen) atoms. The minimum Gasteiger partial charge on any atom is -0.356 e. The van der Waals surface area contributed by atoms with Gasteiger partial charge in [0.1, 0.15) is 12.2 Å². The number of nitrogens with zero attached hydrogens (tertiary/aromatic N) is 3. The van der Waals surface area contributed by atoms with Gasteiger partial charge in [-0.1, -0.05) is 5.16 Å². The molecule has 0 aliphatic heterocycles. The Morgan fingerprint density at radius 2 is 2.08 bits per heavy atom. The molecule has 3 heterocycles. The van der Waals surface area contributed by atoms with Gasteiger partial charge in [-0.2, -0.15) is 5.10 Å². The van der Waals surface area contributed by atoms with Crippen LogP contribution in [0.3, 0.4) is 0 Å². The molecule has 0 saturated carbocycles. The van der Waals surface area contributed by atoms with E-state index in [4.69, 9.17) is 4.52 Å². The second-order valence-corrected chi connectivity index (χ2v) is 7.66. The first-order valence-corrected chi connectivity index (χ1v) is 9.07. The number of hydrogen-bond acceptors (Lipinski definition) is 6. The number of aryl methyl sites for hydroxylation is 2. The molecule has 0 unspecified atom stereocenters. The Kier molecular flexibility index (Phi) is 5.03. The van der Waals surface area contributed by atoms with E-state index >= 15 is 0 Å². The van der Waals surface area contributed by atoms with E-state index in [1.807, 2.05) is 39.8 Å². The van der Waals surface area contributed by atoms with Crippen LogP contribution < -0.4 is 10.9 Å². The number of hydrogen-bond donors (Lipinski definition) is 1. The first kappa shape index (κ1) is 18.1. The highest BCUT2D eigenvalue weighted by atomic mass is 32.1. The minimum atomic E-state index is -0.370. The van der Waals surface area contributed by atoms with Gasteiger partial charge in [0.2, 0.25) is 5.91 Å². The third-order valence-electron chi connectivity index (χ3n) is 3.61. The smallest absolute Gasteiger partial charge is 0.268 e. The summed E-state index contributed by atoms with van der Waals surface area (Å²) in [5, 5.41) is 11.1. The summed E-state index contributed by atoms with van der Waals surface area (Å²) in [4.78, 5) is 26.6. The van der Waals surface area contributed by atoms with Crippen LogP contribution in [0.4, 0.5) is 0 Å². The Morgan fingerprint density at radius 1 is 1.31 bits per heavy atom. The lowest BCUT2D eigenvalue weighted by atomic mass is 10.1. The molecule has 136 valence electrons. The normalized spacial score (nSPS) is 11.1. The molecule has 7 nitrogen and oxygen atoms in total. The van der Waals surface area contributed by atoms with Crippen molar-refractivity contribution in [1.82, 2.24) is 20.3 Å². The zero-order valence-electron chi connectivity index (χ0n) is 15.1. The molecule has 0 radical (unpaired) electrons. The first-order valence-electron chi connectivity index (χ1n) is 8.25. The molecule has 3 aromatic rings. The lowest BCUT2D eigenvalue weighted by molar-refractivity contribution is -0.122. The summed E-state index contributed by atoms with van der Waals surface area (Å²) in [5.41, 5.74) is 1.51. The largest absolute Gasteiger partial charge is 0.356 e. The summed E-state index contributed by atoms with van der Waals surface area (Å²) >= 11 is 1.56. The minimum absolute atomic E-state index is 0.00550. The summed E-state index contributed by atoms with van der Waals surface area (Å²) in [7, 11) is 0. The summed E-state index contributed by atoms with van der Waals surface area (Å²) < 4.78 is 6.51. The van der Waals surface area contributed by atoms with E-state index in [0.717, 1.165) is 9.75 Å². The lowest BCUT2D eigenvalue weighted by Crippen LogP contribution is -2.37. The van der Waals surface area contributed by atoms with E-state index < -0.39 is 0 Å². The van der Waals surface area contributed by atoms with Gasteiger partial charge in [0.25, 0.3) is 5.56 Å². The van der Waals surface area contributed by atoms with E-state index in [-0.39, 0.29) is 24.1 Å². The maximum Gasteiger partial charge on any atom is 0.268 e. The summed E-state index contributed by atoms with van der Waals surface area (Å²) in [5.74, 6) is 0.220. The van der Waals surface area contributed by atoms with Gasteiger partial charge in [0.05, 0.1) is 16.1 Å². The highest BCUT2D eigenvalue weighted by Gasteiger charge is 2.18. The van der Waals surface area contributed by atoms with Crippen molar-refractivity contribution >= 4 is 17.2 Å². The second-order valence-electron chi connectivity index (χ2n) is 6.37. The molecule has 3 rings (SSSR count). The van der Waals surface area contributed by atoms with E-state index in [0.29, 0.717) is 22.7 Å². The molecule has 0 spiro atoms. The summed E-state index contributed by atoms with van der Waals surface area (Å²) in [6.45, 7) is 7.40. The highest BCUT2D eigenvalue weighted by Crippen LogP contribution is 2.33. The Bertz CT molecular complexity index is 1000. The predicted molar refractivity (Wildman–Crippen MR) is 100 cm³/mol. The topological polar surface area (TPSA) is 90.0 Å². The second kappa shape index (κ2) is 7.25. The number of nitrogens with one attached hydrogen (secondary N) is 1. The van der Waals surface area contributed by atoms with Crippen molar-refractivity contribution < 1.29 is 9.32 Å². The molecule has 0 aromatic carbocycles. The lowest BCUT2D eigenvalue weighted by Gasteiger charge is -2.11. The van der Waals surface area contributed by atoms with Crippen LogP contribution in [0.2, 0.25) is 0 Å². The molecule has 1 amide bonds. The van der Waals surface area contributed by atoms with Gasteiger partial charge < -0.3 is 9.84 Å². The number of aromatic nitrogens is 3. The van der Waals surface area contributed by atoms with Gasteiger partial charge in [0, 0.05) is 23.1 Å². The van der Waals surface area contributed by atoms with Gasteiger partial charge >= 0.3 is 0 Å². The third kappa shape index (κ3) is 3.91. The molecule has 0 atom stereocenters. The third-order valence-corrected chi connectivity index (χ3v) is 4.62. The van der Waals surface area contributed by atoms with Crippen molar-refractivity contribution in [1.29, 1.82) is 0 Å². The van der Waals surface area contributed by atoms with E-state index in [9.17, 15) is 9.59 Å². The van der Waals surface area contributed by atoms with Gasteiger partial charge in [0.15, 0.2) is 5.76 Å². The molecule has 0 saturated heterocycles. The van der Waals surface area contributed by atoms with Crippen molar-refractivity contribution in [3.05, 3.63) is 45.2 Å². The molecule has 3 aromatic heterocycles. The zero-order valence-corrected chi connectivity index (χ0v) is 15.9. The average Bonchev–Trinajstić information content (AvgIpc) is 3.16. The van der Waals surface area contributed by atoms with Crippen LogP contribution in [0.1, 0.15) is 24.4 Å². The van der Waals surface area contributed by atoms with Gasteiger partial charge in [-0.15, -0.1) is 11.3 Å². The number of rotatable bonds is 5. The molecule has 0 aliphatic rings. The van der Waals surface area contributed by atoms with Gasteiger partial charge in [-0.3, -0.25) is 9.59 Å². The van der Waals surface area contributed by atoms with Crippen LogP contribution in [0.15, 0.2) is 33.6 Å². The van der Waals surface area contributed by atoms with E-state index in [1.165, 1.54) is 10.7 Å². The SMILES string of the molecule is Cc1cc(-c2cc(=O)n(CC(=O)NC(C)C)nc2-c2ccc(C)s2)on1. The first-order chi connectivity index (χ1) is 12.3. The molecule has 0 aliphatic carbocycles. The average molecular weight is 372 g/mol. The standard InChI is InChI=1S/C18H20N4O3S/c1-10(2)19-16(23)9-22-17(24)8-13(14-7-11(3)21-25-14)18(20-22)15-6-5-12(4)26-15/h5-8,10H,9H2,1-4H3,(H,19,23). The van der Waals surface area contributed by atoms with Crippen molar-refractivity contribution in [3.63, 3.8) is 0 Å². The van der Waals surface area contributed by atoms with Crippen molar-refractivity contribution in [2.75, 3.05) is 0 Å². The fourth-order valence-corrected chi connectivity index (χ4v) is 3.40. The maximum absolute atomic E-state index is 12.5. The maximum atomic E-state index is 12.5. The number of carbonyl (C=O) groups is 1. The number of carbonyl (C=O) groups excluding carboxylic acids is 1. The van der Waals surface area contributed by atoms with Crippen molar-refractivity contribution in [2.45, 2.75) is 40.3 Å². The van der Waals surface area contributed by atoms with Gasteiger partial charge in [-0.05, 0) is 39.8 Å². The summed E-state index contributed by atoms with van der Waals surface area (Å²) in [6, 6.07) is 7.13. The fraction of sp³-hybridized carbons (Fsp3) is 0.333. The summed E-state index contributed by atoms with van der Waals surface area (Å²) in [6.07, 6.45) is 0. The molecular formula is C18H20N4O3S. The Balaban J connectivity index is 2.09. The predicted octanol–water partition coefficient (Wildman–Crippen LogP) is 2.77. The zero-order chi connectivity index (χ0) is 18.8. The number of amides is 1. The fourth-order valence-electron chi connectivity index (χ4n) is 2.53. The van der Waals surface area contributed by atoms with Gasteiger partial charge in [-0.25, -0.2) is 4.68 Å².